The molecular formula is C16H21NO. The third-order valence-corrected chi connectivity index (χ3v) is 3.83. The highest BCUT2D eigenvalue weighted by Crippen LogP contribution is 2.36. The van der Waals surface area contributed by atoms with Gasteiger partial charge in [-0.05, 0) is 24.3 Å². The maximum absolute atomic E-state index is 12.1. The molecule has 1 unspecified atom stereocenters. The molecule has 0 saturated carbocycles. The first kappa shape index (κ1) is 13.0. The number of Topliss-reactive ketones (excluding diaryl/α,β-unsaturated/α-hetero) is 1. The van der Waals surface area contributed by atoms with Crippen LogP contribution in [0.5, 0.6) is 0 Å². The Balaban J connectivity index is 2.42. The second-order valence-electron chi connectivity index (χ2n) is 5.99. The van der Waals surface area contributed by atoms with E-state index < -0.39 is 0 Å². The largest absolute Gasteiger partial charge is 0.347 e. The predicted octanol–water partition coefficient (Wildman–Crippen LogP) is 3.62. The summed E-state index contributed by atoms with van der Waals surface area (Å²) in [6.45, 7) is 6.46. The van der Waals surface area contributed by atoms with E-state index in [9.17, 15) is 4.79 Å². The van der Waals surface area contributed by atoms with Gasteiger partial charge in [-0.3, -0.25) is 4.79 Å². The Labute approximate surface area is 109 Å². The van der Waals surface area contributed by atoms with Gasteiger partial charge in [0.2, 0.25) is 0 Å². The molecule has 1 aliphatic carbocycles. The van der Waals surface area contributed by atoms with E-state index in [1.54, 1.807) is 0 Å². The zero-order chi connectivity index (χ0) is 13.3. The molecule has 2 heteroatoms. The van der Waals surface area contributed by atoms with Crippen molar-refractivity contribution in [2.45, 2.75) is 52.5 Å². The topological polar surface area (TPSA) is 22.0 Å². The summed E-state index contributed by atoms with van der Waals surface area (Å²) in [5.41, 5.74) is 2.15. The normalized spacial score (nSPS) is 19.1. The van der Waals surface area contributed by atoms with E-state index in [1.807, 2.05) is 12.3 Å². The van der Waals surface area contributed by atoms with E-state index in [1.165, 1.54) is 5.69 Å². The Morgan fingerprint density at radius 1 is 1.50 bits per heavy atom. The lowest BCUT2D eigenvalue weighted by Crippen LogP contribution is -2.28. The first-order valence-corrected chi connectivity index (χ1v) is 6.65. The summed E-state index contributed by atoms with van der Waals surface area (Å²) in [7, 11) is 0. The minimum Gasteiger partial charge on any atom is -0.347 e. The van der Waals surface area contributed by atoms with Crippen molar-refractivity contribution in [1.82, 2.24) is 4.57 Å². The first-order valence-electron chi connectivity index (χ1n) is 6.65. The molecule has 1 aromatic rings. The number of rotatable bonds is 3. The van der Waals surface area contributed by atoms with E-state index in [0.29, 0.717) is 12.5 Å². The van der Waals surface area contributed by atoms with Crippen LogP contribution in [-0.2, 0) is 6.42 Å². The molecule has 1 heterocycles. The summed E-state index contributed by atoms with van der Waals surface area (Å²) in [4.78, 5) is 12.1. The van der Waals surface area contributed by atoms with Crippen molar-refractivity contribution in [3.8, 4) is 12.3 Å². The molecule has 0 radical (unpaired) electrons. The minimum atomic E-state index is 0.0641. The molecule has 2 nitrogen and oxygen atoms in total. The maximum Gasteiger partial charge on any atom is 0.165 e. The highest BCUT2D eigenvalue weighted by Gasteiger charge is 2.33. The van der Waals surface area contributed by atoms with Gasteiger partial charge in [-0.1, -0.05) is 20.8 Å². The molecule has 0 aliphatic heterocycles. The fourth-order valence-electron chi connectivity index (χ4n) is 2.88. The quantitative estimate of drug-likeness (QED) is 0.743. The molecule has 18 heavy (non-hydrogen) atoms. The van der Waals surface area contributed by atoms with E-state index in [2.05, 4.69) is 31.3 Å². The average Bonchev–Trinajstić information content (AvgIpc) is 2.68. The Bertz CT molecular complexity index is 502. The van der Waals surface area contributed by atoms with Gasteiger partial charge >= 0.3 is 0 Å². The lowest BCUT2D eigenvalue weighted by atomic mass is 9.76. The summed E-state index contributed by atoms with van der Waals surface area (Å²) < 4.78 is 2.23. The van der Waals surface area contributed by atoms with Crippen molar-refractivity contribution in [2.24, 2.45) is 5.41 Å². The number of terminal acetylenes is 1. The fourth-order valence-corrected chi connectivity index (χ4v) is 2.88. The van der Waals surface area contributed by atoms with Gasteiger partial charge in [-0.2, -0.15) is 0 Å². The zero-order valence-electron chi connectivity index (χ0n) is 11.5. The van der Waals surface area contributed by atoms with Crippen molar-refractivity contribution in [3.63, 3.8) is 0 Å². The molecular weight excluding hydrogens is 222 g/mol. The molecule has 0 spiro atoms. The standard InChI is InChI=1S/C16H21NO/c1-5-7-12(6-2)17-9-8-13-14(17)10-16(3,4)11-15(13)18/h1,8-9,12H,6-7,10-11H2,2-4H3. The number of aromatic nitrogens is 1. The monoisotopic (exact) mass is 243 g/mol. The van der Waals surface area contributed by atoms with Crippen LogP contribution in [0.2, 0.25) is 0 Å². The van der Waals surface area contributed by atoms with Crippen LogP contribution in [0.15, 0.2) is 12.3 Å². The van der Waals surface area contributed by atoms with E-state index in [4.69, 9.17) is 6.42 Å². The van der Waals surface area contributed by atoms with Crippen LogP contribution in [0.3, 0.4) is 0 Å². The molecule has 0 N–H and O–H groups in total. The zero-order valence-corrected chi connectivity index (χ0v) is 11.5. The van der Waals surface area contributed by atoms with Gasteiger partial charge in [-0.15, -0.1) is 12.3 Å². The molecule has 0 saturated heterocycles. The summed E-state index contributed by atoms with van der Waals surface area (Å²) >= 11 is 0. The van der Waals surface area contributed by atoms with Gasteiger partial charge < -0.3 is 4.57 Å². The molecule has 1 aromatic heterocycles. The Morgan fingerprint density at radius 2 is 2.22 bits per heavy atom. The third kappa shape index (κ3) is 2.22. The number of nitrogens with zero attached hydrogens (tertiary/aromatic N) is 1. The third-order valence-electron chi connectivity index (χ3n) is 3.83. The number of carbonyl (C=O) groups excluding carboxylic acids is 1. The van der Waals surface area contributed by atoms with E-state index in [0.717, 1.165) is 24.8 Å². The van der Waals surface area contributed by atoms with Gasteiger partial charge in [0.25, 0.3) is 0 Å². The molecule has 1 atom stereocenters. The smallest absolute Gasteiger partial charge is 0.165 e. The number of hydrogen-bond acceptors (Lipinski definition) is 1. The molecule has 96 valence electrons. The summed E-state index contributed by atoms with van der Waals surface area (Å²) in [5, 5.41) is 0. The van der Waals surface area contributed by atoms with Crippen LogP contribution < -0.4 is 0 Å². The van der Waals surface area contributed by atoms with Gasteiger partial charge in [0.1, 0.15) is 0 Å². The summed E-state index contributed by atoms with van der Waals surface area (Å²) in [6, 6.07) is 2.28. The Kier molecular flexibility index (Phi) is 3.34. The molecule has 0 bridgehead atoms. The van der Waals surface area contributed by atoms with Gasteiger partial charge in [0, 0.05) is 36.3 Å². The van der Waals surface area contributed by atoms with Gasteiger partial charge in [0.05, 0.1) is 0 Å². The molecule has 1 aliphatic rings. The second-order valence-corrected chi connectivity index (χ2v) is 5.99. The van der Waals surface area contributed by atoms with Crippen molar-refractivity contribution in [1.29, 1.82) is 0 Å². The van der Waals surface area contributed by atoms with Crippen LogP contribution in [0.4, 0.5) is 0 Å². The molecule has 0 amide bonds. The molecule has 0 fully saturated rings. The van der Waals surface area contributed by atoms with Gasteiger partial charge in [0.15, 0.2) is 5.78 Å². The lowest BCUT2D eigenvalue weighted by Gasteiger charge is -2.31. The van der Waals surface area contributed by atoms with Crippen LogP contribution in [0.25, 0.3) is 0 Å². The van der Waals surface area contributed by atoms with E-state index >= 15 is 0 Å². The van der Waals surface area contributed by atoms with Crippen LogP contribution >= 0.6 is 0 Å². The number of carbonyl (C=O) groups is 1. The number of ketones is 1. The fraction of sp³-hybridized carbons (Fsp3) is 0.562. The molecule has 2 rings (SSSR count). The predicted molar refractivity (Wildman–Crippen MR) is 73.6 cm³/mol. The van der Waals surface area contributed by atoms with Crippen molar-refractivity contribution < 1.29 is 4.79 Å². The Hall–Kier alpha value is -1.49. The van der Waals surface area contributed by atoms with E-state index in [-0.39, 0.29) is 11.2 Å². The van der Waals surface area contributed by atoms with Crippen LogP contribution in [0, 0.1) is 17.8 Å². The van der Waals surface area contributed by atoms with Crippen LogP contribution in [0.1, 0.15) is 62.1 Å². The maximum atomic E-state index is 12.1. The Morgan fingerprint density at radius 3 is 2.83 bits per heavy atom. The van der Waals surface area contributed by atoms with Crippen molar-refractivity contribution in [2.75, 3.05) is 0 Å². The van der Waals surface area contributed by atoms with Crippen molar-refractivity contribution >= 4 is 5.78 Å². The highest BCUT2D eigenvalue weighted by atomic mass is 16.1. The van der Waals surface area contributed by atoms with Gasteiger partial charge in [-0.25, -0.2) is 0 Å². The second kappa shape index (κ2) is 4.65. The lowest BCUT2D eigenvalue weighted by molar-refractivity contribution is 0.0909. The number of fused-ring (bicyclic) bond motifs is 1. The molecule has 0 aromatic carbocycles. The van der Waals surface area contributed by atoms with Crippen LogP contribution in [-0.4, -0.2) is 10.4 Å². The SMILES string of the molecule is C#CCC(CC)n1ccc2c1CC(C)(C)CC2=O. The van der Waals surface area contributed by atoms with Crippen molar-refractivity contribution in [3.05, 3.63) is 23.5 Å². The first-order chi connectivity index (χ1) is 8.48. The number of hydrogen-bond donors (Lipinski definition) is 0. The summed E-state index contributed by atoms with van der Waals surface area (Å²) in [5.74, 6) is 3.01. The minimum absolute atomic E-state index is 0.0641. The summed E-state index contributed by atoms with van der Waals surface area (Å²) in [6.07, 6.45) is 10.8. The average molecular weight is 243 g/mol. The highest BCUT2D eigenvalue weighted by molar-refractivity contribution is 5.98.